The zero-order chi connectivity index (χ0) is 33.8. The van der Waals surface area contributed by atoms with Crippen LogP contribution in [0.25, 0.3) is 77.2 Å². The molecule has 230 valence electrons. The summed E-state index contributed by atoms with van der Waals surface area (Å²) in [5.74, 6) is 0. The zero-order valence-corrected chi connectivity index (χ0v) is 26.7. The fourth-order valence-corrected chi connectivity index (χ4v) is 7.45. The lowest BCUT2D eigenvalue weighted by Crippen LogP contribution is -2.00. The average molecular weight is 636 g/mol. The zero-order valence-electron chi connectivity index (χ0n) is 26.7. The van der Waals surface area contributed by atoms with Crippen molar-refractivity contribution >= 4 is 43.6 Å². The third kappa shape index (κ3) is 4.38. The smallest absolute Gasteiger partial charge is 0.0992 e. The van der Waals surface area contributed by atoms with E-state index in [9.17, 15) is 15.8 Å². The predicted octanol–water partition coefficient (Wildman–Crippen LogP) is 10.8. The molecule has 0 bridgehead atoms. The van der Waals surface area contributed by atoms with Crippen molar-refractivity contribution < 1.29 is 0 Å². The summed E-state index contributed by atoms with van der Waals surface area (Å²) in [5.41, 5.74) is 11.3. The van der Waals surface area contributed by atoms with Gasteiger partial charge in [0.15, 0.2) is 0 Å². The molecule has 2 heterocycles. The van der Waals surface area contributed by atoms with Crippen molar-refractivity contribution in [3.05, 3.63) is 168 Å². The van der Waals surface area contributed by atoms with Gasteiger partial charge in [0.25, 0.3) is 0 Å². The molecule has 0 radical (unpaired) electrons. The van der Waals surface area contributed by atoms with Crippen LogP contribution in [0.1, 0.15) is 16.7 Å². The fourth-order valence-electron chi connectivity index (χ4n) is 7.45. The molecule has 0 saturated heterocycles. The minimum absolute atomic E-state index is 0.544. The fraction of sp³-hybridized carbons (Fsp3) is 0. The second-order valence-electron chi connectivity index (χ2n) is 12.3. The van der Waals surface area contributed by atoms with Gasteiger partial charge in [0.05, 0.1) is 62.7 Å². The summed E-state index contributed by atoms with van der Waals surface area (Å²) in [6.07, 6.45) is 0. The first-order valence-corrected chi connectivity index (χ1v) is 16.3. The van der Waals surface area contributed by atoms with Gasteiger partial charge in [-0.05, 0) is 89.5 Å². The molecule has 0 amide bonds. The van der Waals surface area contributed by atoms with Gasteiger partial charge in [-0.15, -0.1) is 0 Å². The molecular formula is C45H25N5. The summed E-state index contributed by atoms with van der Waals surface area (Å²) in [6, 6.07) is 57.7. The molecule has 0 aliphatic rings. The van der Waals surface area contributed by atoms with Crippen LogP contribution in [0.15, 0.2) is 152 Å². The standard InChI is InChI=1S/C45H25N5/c46-26-29-17-19-44(50-43-16-8-5-13-38(43)40-24-30(27-47)18-20-45(40)50)39(23-29)35-10-2-1-9-34(35)32-21-31(28-48)22-33(25-32)49-41-14-6-3-11-36(41)37-12-4-7-15-42(37)49/h1-25H. The maximum Gasteiger partial charge on any atom is 0.0992 e. The van der Waals surface area contributed by atoms with E-state index in [1.54, 1.807) is 0 Å². The number of fused-ring (bicyclic) bond motifs is 6. The van der Waals surface area contributed by atoms with E-state index in [2.05, 4.69) is 94.1 Å². The van der Waals surface area contributed by atoms with Gasteiger partial charge in [0.1, 0.15) is 0 Å². The Kier molecular flexibility index (Phi) is 6.56. The molecule has 0 atom stereocenters. The molecule has 9 rings (SSSR count). The molecule has 50 heavy (non-hydrogen) atoms. The molecule has 0 aliphatic heterocycles. The topological polar surface area (TPSA) is 81.2 Å². The highest BCUT2D eigenvalue weighted by molar-refractivity contribution is 6.11. The van der Waals surface area contributed by atoms with Crippen LogP contribution in [0.2, 0.25) is 0 Å². The van der Waals surface area contributed by atoms with E-state index in [-0.39, 0.29) is 0 Å². The lowest BCUT2D eigenvalue weighted by Gasteiger charge is -2.18. The highest BCUT2D eigenvalue weighted by Crippen LogP contribution is 2.41. The van der Waals surface area contributed by atoms with Crippen molar-refractivity contribution in [1.29, 1.82) is 15.8 Å². The largest absolute Gasteiger partial charge is 0.309 e. The number of nitrogens with zero attached hydrogens (tertiary/aromatic N) is 5. The van der Waals surface area contributed by atoms with E-state index in [1.165, 1.54) is 0 Å². The van der Waals surface area contributed by atoms with E-state index in [1.807, 2.05) is 84.9 Å². The van der Waals surface area contributed by atoms with Crippen molar-refractivity contribution in [3.8, 4) is 51.8 Å². The Morgan fingerprint density at radius 1 is 0.360 bits per heavy atom. The minimum atomic E-state index is 0.544. The number of aromatic nitrogens is 2. The summed E-state index contributed by atoms with van der Waals surface area (Å²) in [5, 5.41) is 34.4. The Labute approximate surface area is 287 Å². The highest BCUT2D eigenvalue weighted by Gasteiger charge is 2.20. The van der Waals surface area contributed by atoms with Crippen LogP contribution in [-0.2, 0) is 0 Å². The number of hydrogen-bond donors (Lipinski definition) is 0. The molecule has 0 N–H and O–H groups in total. The Morgan fingerprint density at radius 2 is 0.880 bits per heavy atom. The van der Waals surface area contributed by atoms with Gasteiger partial charge in [-0.2, -0.15) is 15.8 Å². The van der Waals surface area contributed by atoms with E-state index in [4.69, 9.17) is 0 Å². The number of nitriles is 3. The molecule has 0 aliphatic carbocycles. The van der Waals surface area contributed by atoms with E-state index < -0.39 is 0 Å². The van der Waals surface area contributed by atoms with Gasteiger partial charge < -0.3 is 9.13 Å². The monoisotopic (exact) mass is 635 g/mol. The summed E-state index contributed by atoms with van der Waals surface area (Å²) in [4.78, 5) is 0. The molecule has 9 aromatic rings. The quantitative estimate of drug-likeness (QED) is 0.193. The molecule has 0 spiro atoms. The number of benzene rings is 7. The molecule has 5 nitrogen and oxygen atoms in total. The van der Waals surface area contributed by atoms with Gasteiger partial charge in [0, 0.05) is 32.8 Å². The first kappa shape index (κ1) is 28.8. The maximum atomic E-state index is 10.3. The maximum absolute atomic E-state index is 10.3. The van der Waals surface area contributed by atoms with Crippen LogP contribution < -0.4 is 0 Å². The van der Waals surface area contributed by atoms with Crippen LogP contribution in [0.4, 0.5) is 0 Å². The number of rotatable bonds is 4. The lowest BCUT2D eigenvalue weighted by atomic mass is 9.91. The molecular weight excluding hydrogens is 611 g/mol. The van der Waals surface area contributed by atoms with E-state index in [0.717, 1.165) is 77.2 Å². The number of hydrogen-bond acceptors (Lipinski definition) is 3. The molecule has 5 heteroatoms. The average Bonchev–Trinajstić information content (AvgIpc) is 3.70. The Balaban J connectivity index is 1.32. The van der Waals surface area contributed by atoms with E-state index >= 15 is 0 Å². The first-order chi connectivity index (χ1) is 24.7. The SMILES string of the molecule is N#Cc1cc(-c2ccccc2-c2cc(C#N)ccc2-n2c3ccccc3c3cc(C#N)ccc32)cc(-n2c3ccccc3c3ccccc32)c1. The second kappa shape index (κ2) is 11.4. The summed E-state index contributed by atoms with van der Waals surface area (Å²) >= 11 is 0. The van der Waals surface area contributed by atoms with Gasteiger partial charge in [0.2, 0.25) is 0 Å². The molecule has 2 aromatic heterocycles. The van der Waals surface area contributed by atoms with Crippen LogP contribution in [-0.4, -0.2) is 9.13 Å². The molecule has 0 unspecified atom stereocenters. The third-order valence-electron chi connectivity index (χ3n) is 9.58. The second-order valence-corrected chi connectivity index (χ2v) is 12.3. The predicted molar refractivity (Wildman–Crippen MR) is 200 cm³/mol. The third-order valence-corrected chi connectivity index (χ3v) is 9.58. The van der Waals surface area contributed by atoms with Crippen LogP contribution >= 0.6 is 0 Å². The minimum Gasteiger partial charge on any atom is -0.309 e. The van der Waals surface area contributed by atoms with Crippen molar-refractivity contribution in [3.63, 3.8) is 0 Å². The summed E-state index contributed by atoms with van der Waals surface area (Å²) in [7, 11) is 0. The van der Waals surface area contributed by atoms with Crippen molar-refractivity contribution in [1.82, 2.24) is 9.13 Å². The van der Waals surface area contributed by atoms with Crippen LogP contribution in [0.3, 0.4) is 0 Å². The van der Waals surface area contributed by atoms with E-state index in [0.29, 0.717) is 16.7 Å². The van der Waals surface area contributed by atoms with Crippen LogP contribution in [0.5, 0.6) is 0 Å². The molecule has 7 aromatic carbocycles. The summed E-state index contributed by atoms with van der Waals surface area (Å²) in [6.45, 7) is 0. The molecule has 0 fully saturated rings. The van der Waals surface area contributed by atoms with Gasteiger partial charge in [-0.25, -0.2) is 0 Å². The highest BCUT2D eigenvalue weighted by atomic mass is 15.0. The Bertz CT molecular complexity index is 2920. The first-order valence-electron chi connectivity index (χ1n) is 16.3. The number of para-hydroxylation sites is 3. The Hall–Kier alpha value is -7.39. The van der Waals surface area contributed by atoms with Crippen molar-refractivity contribution in [2.75, 3.05) is 0 Å². The van der Waals surface area contributed by atoms with Gasteiger partial charge >= 0.3 is 0 Å². The van der Waals surface area contributed by atoms with Crippen LogP contribution in [0, 0.1) is 34.0 Å². The van der Waals surface area contributed by atoms with Gasteiger partial charge in [-0.3, -0.25) is 0 Å². The van der Waals surface area contributed by atoms with Gasteiger partial charge in [-0.1, -0.05) is 78.9 Å². The lowest BCUT2D eigenvalue weighted by molar-refractivity contribution is 1.17. The molecule has 0 saturated carbocycles. The van der Waals surface area contributed by atoms with Crippen molar-refractivity contribution in [2.45, 2.75) is 0 Å². The summed E-state index contributed by atoms with van der Waals surface area (Å²) < 4.78 is 4.45. The normalized spacial score (nSPS) is 11.1. The van der Waals surface area contributed by atoms with Crippen molar-refractivity contribution in [2.24, 2.45) is 0 Å². The Morgan fingerprint density at radius 3 is 1.54 bits per heavy atom.